The quantitative estimate of drug-likeness (QED) is 0.904. The highest BCUT2D eigenvalue weighted by Crippen LogP contribution is 2.28. The molecule has 1 aromatic heterocycles. The van der Waals surface area contributed by atoms with Gasteiger partial charge in [-0.25, -0.2) is 4.98 Å². The van der Waals surface area contributed by atoms with Crippen LogP contribution in [0.25, 0.3) is 0 Å². The first-order valence-electron chi connectivity index (χ1n) is 6.27. The van der Waals surface area contributed by atoms with Crippen LogP contribution in [0.3, 0.4) is 0 Å². The molecular weight excluding hydrogens is 313 g/mol. The van der Waals surface area contributed by atoms with Gasteiger partial charge in [-0.3, -0.25) is 4.90 Å². The van der Waals surface area contributed by atoms with E-state index in [4.69, 9.17) is 28.9 Å². The number of thiazole rings is 1. The number of aryl methyl sites for hydroxylation is 1. The highest BCUT2D eigenvalue weighted by atomic mass is 35.5. The first kappa shape index (κ1) is 15.7. The minimum atomic E-state index is 0.103. The summed E-state index contributed by atoms with van der Waals surface area (Å²) in [4.78, 5) is 7.74. The standard InChI is InChI=1S/C14H17Cl2N3S/c1-9-14(20-8-18-9)7-19(2)13(6-17)10-3-4-11(15)12(16)5-10/h3-5,8,13H,6-7,17H2,1-2H3. The molecule has 0 saturated heterocycles. The van der Waals surface area contributed by atoms with Gasteiger partial charge < -0.3 is 5.73 Å². The zero-order valence-electron chi connectivity index (χ0n) is 11.4. The van der Waals surface area contributed by atoms with Gasteiger partial charge in [-0.05, 0) is 31.7 Å². The summed E-state index contributed by atoms with van der Waals surface area (Å²) in [5.41, 5.74) is 9.95. The zero-order chi connectivity index (χ0) is 14.7. The van der Waals surface area contributed by atoms with Gasteiger partial charge in [-0.1, -0.05) is 29.3 Å². The molecule has 0 aliphatic carbocycles. The summed E-state index contributed by atoms with van der Waals surface area (Å²) in [6.07, 6.45) is 0. The Morgan fingerprint density at radius 1 is 1.35 bits per heavy atom. The third kappa shape index (κ3) is 3.51. The van der Waals surface area contributed by atoms with Gasteiger partial charge in [0, 0.05) is 24.0 Å². The predicted molar refractivity (Wildman–Crippen MR) is 86.6 cm³/mol. The highest BCUT2D eigenvalue weighted by molar-refractivity contribution is 7.09. The molecular formula is C14H17Cl2N3S. The number of hydrogen-bond donors (Lipinski definition) is 1. The summed E-state index contributed by atoms with van der Waals surface area (Å²) in [5, 5.41) is 1.12. The normalized spacial score (nSPS) is 12.9. The topological polar surface area (TPSA) is 42.2 Å². The Morgan fingerprint density at radius 2 is 2.10 bits per heavy atom. The van der Waals surface area contributed by atoms with Gasteiger partial charge in [0.25, 0.3) is 0 Å². The molecule has 0 aliphatic heterocycles. The van der Waals surface area contributed by atoms with Gasteiger partial charge in [0.05, 0.1) is 21.2 Å². The third-order valence-electron chi connectivity index (χ3n) is 3.32. The van der Waals surface area contributed by atoms with E-state index in [0.29, 0.717) is 16.6 Å². The zero-order valence-corrected chi connectivity index (χ0v) is 13.8. The van der Waals surface area contributed by atoms with Crippen molar-refractivity contribution < 1.29 is 0 Å². The number of benzene rings is 1. The maximum atomic E-state index is 6.09. The van der Waals surface area contributed by atoms with E-state index in [1.54, 1.807) is 11.3 Å². The average Bonchev–Trinajstić information content (AvgIpc) is 2.80. The molecule has 108 valence electrons. The van der Waals surface area contributed by atoms with E-state index in [1.807, 2.05) is 30.6 Å². The van der Waals surface area contributed by atoms with Gasteiger partial charge in [0.2, 0.25) is 0 Å². The summed E-state index contributed by atoms with van der Waals surface area (Å²) >= 11 is 13.7. The van der Waals surface area contributed by atoms with Crippen molar-refractivity contribution in [3.8, 4) is 0 Å². The van der Waals surface area contributed by atoms with E-state index < -0.39 is 0 Å². The van der Waals surface area contributed by atoms with Crippen LogP contribution in [0.5, 0.6) is 0 Å². The molecule has 0 radical (unpaired) electrons. The molecule has 2 rings (SSSR count). The van der Waals surface area contributed by atoms with Crippen LogP contribution in [0.4, 0.5) is 0 Å². The highest BCUT2D eigenvalue weighted by Gasteiger charge is 2.18. The van der Waals surface area contributed by atoms with Crippen molar-refractivity contribution in [3.05, 3.63) is 49.9 Å². The lowest BCUT2D eigenvalue weighted by Gasteiger charge is -2.27. The molecule has 2 N–H and O–H groups in total. The Morgan fingerprint density at radius 3 is 2.65 bits per heavy atom. The minimum Gasteiger partial charge on any atom is -0.329 e. The number of rotatable bonds is 5. The number of nitrogens with two attached hydrogens (primary N) is 1. The van der Waals surface area contributed by atoms with Gasteiger partial charge in [0.15, 0.2) is 0 Å². The molecule has 2 aromatic rings. The van der Waals surface area contributed by atoms with E-state index in [-0.39, 0.29) is 6.04 Å². The Labute approximate surface area is 133 Å². The number of nitrogens with zero attached hydrogens (tertiary/aromatic N) is 2. The largest absolute Gasteiger partial charge is 0.329 e. The molecule has 1 atom stereocenters. The van der Waals surface area contributed by atoms with Crippen LogP contribution in [0.15, 0.2) is 23.7 Å². The van der Waals surface area contributed by atoms with Crippen molar-refractivity contribution in [3.63, 3.8) is 0 Å². The van der Waals surface area contributed by atoms with Gasteiger partial charge in [0.1, 0.15) is 0 Å². The molecule has 0 fully saturated rings. The maximum Gasteiger partial charge on any atom is 0.0798 e. The van der Waals surface area contributed by atoms with Gasteiger partial charge in [-0.15, -0.1) is 11.3 Å². The smallest absolute Gasteiger partial charge is 0.0798 e. The van der Waals surface area contributed by atoms with E-state index in [1.165, 1.54) is 4.88 Å². The maximum absolute atomic E-state index is 6.09. The Bertz CT molecular complexity index is 586. The van der Waals surface area contributed by atoms with Crippen LogP contribution in [0.2, 0.25) is 10.0 Å². The Balaban J connectivity index is 2.18. The van der Waals surface area contributed by atoms with Crippen molar-refractivity contribution >= 4 is 34.5 Å². The van der Waals surface area contributed by atoms with Crippen molar-refractivity contribution in [2.24, 2.45) is 5.73 Å². The molecule has 20 heavy (non-hydrogen) atoms. The van der Waals surface area contributed by atoms with Crippen LogP contribution in [-0.4, -0.2) is 23.5 Å². The Hall–Kier alpha value is -0.650. The third-order valence-corrected chi connectivity index (χ3v) is 4.98. The van der Waals surface area contributed by atoms with Crippen LogP contribution < -0.4 is 5.73 Å². The van der Waals surface area contributed by atoms with Crippen LogP contribution in [-0.2, 0) is 6.54 Å². The molecule has 6 heteroatoms. The first-order valence-corrected chi connectivity index (χ1v) is 7.90. The van der Waals surface area contributed by atoms with Crippen LogP contribution in [0, 0.1) is 6.92 Å². The number of aromatic nitrogens is 1. The fourth-order valence-corrected chi connectivity index (χ4v) is 3.25. The fraction of sp³-hybridized carbons (Fsp3) is 0.357. The molecule has 0 bridgehead atoms. The molecule has 1 heterocycles. The number of hydrogen-bond acceptors (Lipinski definition) is 4. The van der Waals surface area contributed by atoms with Crippen LogP contribution in [0.1, 0.15) is 22.2 Å². The van der Waals surface area contributed by atoms with E-state index in [0.717, 1.165) is 17.8 Å². The lowest BCUT2D eigenvalue weighted by molar-refractivity contribution is 0.243. The summed E-state index contributed by atoms with van der Waals surface area (Å²) in [6.45, 7) is 3.36. The van der Waals surface area contributed by atoms with Gasteiger partial charge >= 0.3 is 0 Å². The second-order valence-corrected chi connectivity index (χ2v) is 6.45. The van der Waals surface area contributed by atoms with Crippen molar-refractivity contribution in [1.29, 1.82) is 0 Å². The second kappa shape index (κ2) is 6.87. The van der Waals surface area contributed by atoms with E-state index >= 15 is 0 Å². The van der Waals surface area contributed by atoms with Gasteiger partial charge in [-0.2, -0.15) is 0 Å². The average molecular weight is 330 g/mol. The summed E-state index contributed by atoms with van der Waals surface area (Å²) in [7, 11) is 2.05. The lowest BCUT2D eigenvalue weighted by atomic mass is 10.1. The molecule has 1 unspecified atom stereocenters. The molecule has 0 saturated carbocycles. The second-order valence-electron chi connectivity index (χ2n) is 4.70. The summed E-state index contributed by atoms with van der Waals surface area (Å²) < 4.78 is 0. The minimum absolute atomic E-state index is 0.103. The number of halogens is 2. The predicted octanol–water partition coefficient (Wildman–Crippen LogP) is 3.89. The van der Waals surface area contributed by atoms with Crippen molar-refractivity contribution in [2.75, 3.05) is 13.6 Å². The fourth-order valence-electron chi connectivity index (χ4n) is 2.10. The number of likely N-dealkylation sites (N-methyl/N-ethyl adjacent to an activating group) is 1. The molecule has 3 nitrogen and oxygen atoms in total. The SMILES string of the molecule is Cc1ncsc1CN(C)C(CN)c1ccc(Cl)c(Cl)c1. The molecule has 0 amide bonds. The van der Waals surface area contributed by atoms with Crippen molar-refractivity contribution in [1.82, 2.24) is 9.88 Å². The van der Waals surface area contributed by atoms with E-state index in [2.05, 4.69) is 16.9 Å². The molecule has 1 aromatic carbocycles. The lowest BCUT2D eigenvalue weighted by Crippen LogP contribution is -2.30. The van der Waals surface area contributed by atoms with Crippen molar-refractivity contribution in [2.45, 2.75) is 19.5 Å². The molecule has 0 aliphatic rings. The van der Waals surface area contributed by atoms with E-state index in [9.17, 15) is 0 Å². The molecule has 0 spiro atoms. The first-order chi connectivity index (χ1) is 9.52. The van der Waals surface area contributed by atoms with Crippen LogP contribution >= 0.6 is 34.5 Å². The Kier molecular flexibility index (Phi) is 5.41. The summed E-state index contributed by atoms with van der Waals surface area (Å²) in [6, 6.07) is 5.78. The summed E-state index contributed by atoms with van der Waals surface area (Å²) in [5.74, 6) is 0. The monoisotopic (exact) mass is 329 g/mol.